The molecule has 0 fully saturated rings. The molecule has 0 aliphatic heterocycles. The van der Waals surface area contributed by atoms with Crippen LogP contribution in [0.1, 0.15) is 33.6 Å². The summed E-state index contributed by atoms with van der Waals surface area (Å²) in [6.07, 6.45) is 3.33. The van der Waals surface area contributed by atoms with Gasteiger partial charge >= 0.3 is 0 Å². The molecule has 0 aromatic heterocycles. The normalized spacial score (nSPS) is 15.5. The number of rotatable bonds is 7. The van der Waals surface area contributed by atoms with E-state index in [9.17, 15) is 9.90 Å². The molecule has 2 atom stereocenters. The van der Waals surface area contributed by atoms with Gasteiger partial charge in [-0.3, -0.25) is 0 Å². The summed E-state index contributed by atoms with van der Waals surface area (Å²) in [4.78, 5) is 10.8. The van der Waals surface area contributed by atoms with Crippen molar-refractivity contribution < 1.29 is 9.90 Å². The Labute approximate surface area is 92.6 Å². The summed E-state index contributed by atoms with van der Waals surface area (Å²) < 4.78 is 0. The standard InChI is InChI=1S/C12H23NO2/c1-5-13-8-11(15)6-10(9-14)7-12(2,3)4/h5,9-11,13,15H,1,6-8H2,2-4H3. The smallest absolute Gasteiger partial charge is 0.123 e. The van der Waals surface area contributed by atoms with Gasteiger partial charge in [0.25, 0.3) is 0 Å². The highest BCUT2D eigenvalue weighted by molar-refractivity contribution is 5.53. The van der Waals surface area contributed by atoms with E-state index in [0.29, 0.717) is 13.0 Å². The minimum atomic E-state index is -0.486. The molecular formula is C12H23NO2. The van der Waals surface area contributed by atoms with Crippen molar-refractivity contribution in [2.75, 3.05) is 6.54 Å². The maximum Gasteiger partial charge on any atom is 0.123 e. The maximum absolute atomic E-state index is 10.8. The van der Waals surface area contributed by atoms with Crippen molar-refractivity contribution in [2.45, 2.75) is 39.7 Å². The Kier molecular flexibility index (Phi) is 6.25. The third-order valence-corrected chi connectivity index (χ3v) is 2.14. The van der Waals surface area contributed by atoms with Gasteiger partial charge < -0.3 is 15.2 Å². The van der Waals surface area contributed by atoms with Crippen molar-refractivity contribution in [2.24, 2.45) is 11.3 Å². The average molecular weight is 213 g/mol. The van der Waals surface area contributed by atoms with Gasteiger partial charge in [-0.25, -0.2) is 0 Å². The predicted octanol–water partition coefficient (Wildman–Crippen LogP) is 1.72. The van der Waals surface area contributed by atoms with Crippen LogP contribution in [0.3, 0.4) is 0 Å². The van der Waals surface area contributed by atoms with Gasteiger partial charge in [-0.2, -0.15) is 0 Å². The summed E-state index contributed by atoms with van der Waals surface area (Å²) in [6.45, 7) is 10.2. The molecule has 0 aliphatic rings. The van der Waals surface area contributed by atoms with Crippen molar-refractivity contribution in [1.82, 2.24) is 5.32 Å². The molecule has 0 spiro atoms. The van der Waals surface area contributed by atoms with Crippen LogP contribution in [0.5, 0.6) is 0 Å². The number of aldehydes is 1. The monoisotopic (exact) mass is 213 g/mol. The molecule has 0 saturated heterocycles. The molecule has 3 heteroatoms. The van der Waals surface area contributed by atoms with Gasteiger partial charge in [-0.15, -0.1) is 0 Å². The number of carbonyl (C=O) groups is 1. The Morgan fingerprint density at radius 3 is 2.47 bits per heavy atom. The fraction of sp³-hybridized carbons (Fsp3) is 0.750. The molecule has 0 aromatic carbocycles. The third-order valence-electron chi connectivity index (χ3n) is 2.14. The summed E-state index contributed by atoms with van der Waals surface area (Å²) in [5.74, 6) is -0.0633. The quantitative estimate of drug-likeness (QED) is 0.633. The van der Waals surface area contributed by atoms with E-state index < -0.39 is 6.10 Å². The van der Waals surface area contributed by atoms with Crippen LogP contribution in [-0.4, -0.2) is 24.0 Å². The molecular weight excluding hydrogens is 190 g/mol. The van der Waals surface area contributed by atoms with Crippen molar-refractivity contribution in [3.8, 4) is 0 Å². The first-order valence-electron chi connectivity index (χ1n) is 5.36. The van der Waals surface area contributed by atoms with E-state index in [0.717, 1.165) is 12.7 Å². The van der Waals surface area contributed by atoms with Gasteiger partial charge in [0.15, 0.2) is 0 Å². The van der Waals surface area contributed by atoms with E-state index in [4.69, 9.17) is 0 Å². The number of carbonyl (C=O) groups excluding carboxylic acids is 1. The van der Waals surface area contributed by atoms with Crippen LogP contribution in [0, 0.1) is 11.3 Å². The van der Waals surface area contributed by atoms with Gasteiger partial charge in [0.1, 0.15) is 6.29 Å². The minimum absolute atomic E-state index is 0.0633. The maximum atomic E-state index is 10.8. The summed E-state index contributed by atoms with van der Waals surface area (Å²) in [7, 11) is 0. The molecule has 88 valence electrons. The first-order valence-corrected chi connectivity index (χ1v) is 5.36. The topological polar surface area (TPSA) is 49.3 Å². The highest BCUT2D eigenvalue weighted by Gasteiger charge is 2.20. The Balaban J connectivity index is 3.98. The van der Waals surface area contributed by atoms with Crippen LogP contribution in [0.4, 0.5) is 0 Å². The van der Waals surface area contributed by atoms with E-state index in [1.54, 1.807) is 6.20 Å². The molecule has 2 unspecified atom stereocenters. The Morgan fingerprint density at radius 2 is 2.07 bits per heavy atom. The highest BCUT2D eigenvalue weighted by atomic mass is 16.3. The highest BCUT2D eigenvalue weighted by Crippen LogP contribution is 2.25. The largest absolute Gasteiger partial charge is 0.391 e. The first-order chi connectivity index (χ1) is 6.89. The number of aliphatic hydroxyl groups excluding tert-OH is 1. The fourth-order valence-electron chi connectivity index (χ4n) is 1.63. The lowest BCUT2D eigenvalue weighted by Crippen LogP contribution is -2.27. The summed E-state index contributed by atoms with van der Waals surface area (Å²) >= 11 is 0. The molecule has 0 aliphatic carbocycles. The first kappa shape index (κ1) is 14.2. The Hall–Kier alpha value is -0.830. The van der Waals surface area contributed by atoms with Gasteiger partial charge in [-0.1, -0.05) is 27.4 Å². The predicted molar refractivity (Wildman–Crippen MR) is 62.4 cm³/mol. The van der Waals surface area contributed by atoms with E-state index in [1.165, 1.54) is 0 Å². The van der Waals surface area contributed by atoms with Gasteiger partial charge in [0, 0.05) is 12.5 Å². The second kappa shape index (κ2) is 6.62. The van der Waals surface area contributed by atoms with Crippen LogP contribution >= 0.6 is 0 Å². The van der Waals surface area contributed by atoms with E-state index in [-0.39, 0.29) is 11.3 Å². The lowest BCUT2D eigenvalue weighted by atomic mass is 9.83. The van der Waals surface area contributed by atoms with Crippen LogP contribution in [0.2, 0.25) is 0 Å². The molecule has 0 saturated carbocycles. The minimum Gasteiger partial charge on any atom is -0.391 e. The Morgan fingerprint density at radius 1 is 1.47 bits per heavy atom. The van der Waals surface area contributed by atoms with E-state index in [1.807, 2.05) is 0 Å². The second-order valence-electron chi connectivity index (χ2n) is 5.16. The molecule has 0 bridgehead atoms. The fourth-order valence-corrected chi connectivity index (χ4v) is 1.63. The average Bonchev–Trinajstić information content (AvgIpc) is 2.11. The summed E-state index contributed by atoms with van der Waals surface area (Å²) in [5, 5.41) is 12.4. The summed E-state index contributed by atoms with van der Waals surface area (Å²) in [5.41, 5.74) is 0.122. The zero-order valence-electron chi connectivity index (χ0n) is 9.99. The number of hydrogen-bond donors (Lipinski definition) is 2. The van der Waals surface area contributed by atoms with Crippen LogP contribution in [-0.2, 0) is 4.79 Å². The number of aliphatic hydroxyl groups is 1. The van der Waals surface area contributed by atoms with Gasteiger partial charge in [0.2, 0.25) is 0 Å². The van der Waals surface area contributed by atoms with E-state index in [2.05, 4.69) is 32.7 Å². The summed E-state index contributed by atoms with van der Waals surface area (Å²) in [6, 6.07) is 0. The van der Waals surface area contributed by atoms with Crippen molar-refractivity contribution in [3.05, 3.63) is 12.8 Å². The van der Waals surface area contributed by atoms with Crippen molar-refractivity contribution in [1.29, 1.82) is 0 Å². The number of hydrogen-bond acceptors (Lipinski definition) is 3. The molecule has 0 aromatic rings. The second-order valence-corrected chi connectivity index (χ2v) is 5.16. The molecule has 0 radical (unpaired) electrons. The van der Waals surface area contributed by atoms with Gasteiger partial charge in [-0.05, 0) is 24.5 Å². The zero-order valence-corrected chi connectivity index (χ0v) is 9.99. The SMILES string of the molecule is C=CNCC(O)CC(C=O)CC(C)(C)C. The third kappa shape index (κ3) is 8.18. The number of nitrogens with one attached hydrogen (secondary N) is 1. The Bertz CT molecular complexity index is 196. The molecule has 2 N–H and O–H groups in total. The zero-order chi connectivity index (χ0) is 11.9. The van der Waals surface area contributed by atoms with E-state index >= 15 is 0 Å². The van der Waals surface area contributed by atoms with Crippen LogP contribution < -0.4 is 5.32 Å². The van der Waals surface area contributed by atoms with Crippen molar-refractivity contribution >= 4 is 6.29 Å². The molecule has 3 nitrogen and oxygen atoms in total. The molecule has 0 amide bonds. The lowest BCUT2D eigenvalue weighted by molar-refractivity contribution is -0.112. The molecule has 0 heterocycles. The van der Waals surface area contributed by atoms with Crippen LogP contribution in [0.25, 0.3) is 0 Å². The molecule has 0 rings (SSSR count). The molecule has 15 heavy (non-hydrogen) atoms. The van der Waals surface area contributed by atoms with Gasteiger partial charge in [0.05, 0.1) is 6.10 Å². The lowest BCUT2D eigenvalue weighted by Gasteiger charge is -2.23. The van der Waals surface area contributed by atoms with Crippen LogP contribution in [0.15, 0.2) is 12.8 Å². The van der Waals surface area contributed by atoms with Crippen molar-refractivity contribution in [3.63, 3.8) is 0 Å².